The number of thiazole rings is 1. The molecular formula is C20H21ClF3N3O2S. The van der Waals surface area contributed by atoms with Gasteiger partial charge in [-0.25, -0.2) is 4.98 Å². The van der Waals surface area contributed by atoms with E-state index >= 15 is 0 Å². The Labute approximate surface area is 182 Å². The van der Waals surface area contributed by atoms with Crippen LogP contribution in [-0.2, 0) is 11.2 Å². The van der Waals surface area contributed by atoms with E-state index in [9.17, 15) is 18.0 Å². The van der Waals surface area contributed by atoms with Crippen molar-refractivity contribution in [3.63, 3.8) is 0 Å². The van der Waals surface area contributed by atoms with Gasteiger partial charge < -0.3 is 9.64 Å². The SMILES string of the molecule is CN(C)CCN(C(=O)Cc1ccccc1)c1nc2ccc(OC(F)(F)F)cc2s1.Cl. The van der Waals surface area contributed by atoms with Crippen molar-refractivity contribution < 1.29 is 22.7 Å². The van der Waals surface area contributed by atoms with Crippen LogP contribution < -0.4 is 9.64 Å². The Morgan fingerprint density at radius 2 is 1.80 bits per heavy atom. The van der Waals surface area contributed by atoms with Crippen LogP contribution in [0.2, 0.25) is 0 Å². The molecule has 0 aliphatic rings. The fourth-order valence-electron chi connectivity index (χ4n) is 2.70. The Kier molecular flexibility index (Phi) is 8.05. The molecule has 3 aromatic rings. The van der Waals surface area contributed by atoms with Crippen LogP contribution in [-0.4, -0.2) is 49.3 Å². The van der Waals surface area contributed by atoms with E-state index in [-0.39, 0.29) is 30.5 Å². The Bertz CT molecular complexity index is 980. The smallest absolute Gasteiger partial charge is 0.406 e. The first-order valence-electron chi connectivity index (χ1n) is 8.86. The summed E-state index contributed by atoms with van der Waals surface area (Å²) in [6.07, 6.45) is -4.54. The number of rotatable bonds is 7. The van der Waals surface area contributed by atoms with Gasteiger partial charge in [0.2, 0.25) is 5.91 Å². The van der Waals surface area contributed by atoms with E-state index in [4.69, 9.17) is 0 Å². The molecule has 0 radical (unpaired) electrons. The summed E-state index contributed by atoms with van der Waals surface area (Å²) in [6.45, 7) is 1.04. The van der Waals surface area contributed by atoms with E-state index in [0.717, 1.165) is 16.9 Å². The van der Waals surface area contributed by atoms with Crippen LogP contribution in [0.4, 0.5) is 18.3 Å². The third-order valence-corrected chi connectivity index (χ3v) is 5.12. The second-order valence-corrected chi connectivity index (χ2v) is 7.69. The molecule has 0 fully saturated rings. The molecule has 1 aromatic heterocycles. The Balaban J connectivity index is 0.00000320. The number of carbonyl (C=O) groups excluding carboxylic acids is 1. The third-order valence-electron chi connectivity index (χ3n) is 4.08. The van der Waals surface area contributed by atoms with Crippen LogP contribution in [0.15, 0.2) is 48.5 Å². The summed E-state index contributed by atoms with van der Waals surface area (Å²) < 4.78 is 41.9. The number of halogens is 4. The molecule has 30 heavy (non-hydrogen) atoms. The molecule has 0 spiro atoms. The van der Waals surface area contributed by atoms with E-state index in [1.54, 1.807) is 4.90 Å². The second kappa shape index (κ2) is 10.1. The van der Waals surface area contributed by atoms with Crippen molar-refractivity contribution in [1.82, 2.24) is 9.88 Å². The Hall–Kier alpha value is -2.36. The van der Waals surface area contributed by atoms with Gasteiger partial charge >= 0.3 is 6.36 Å². The highest BCUT2D eigenvalue weighted by molar-refractivity contribution is 7.22. The fraction of sp³-hybridized carbons (Fsp3) is 0.300. The zero-order chi connectivity index (χ0) is 21.0. The molecule has 0 saturated heterocycles. The van der Waals surface area contributed by atoms with Gasteiger partial charge in [-0.1, -0.05) is 41.7 Å². The van der Waals surface area contributed by atoms with Crippen LogP contribution >= 0.6 is 23.7 Å². The Morgan fingerprint density at radius 3 is 2.43 bits per heavy atom. The molecule has 0 bridgehead atoms. The molecule has 0 unspecified atom stereocenters. The molecule has 5 nitrogen and oxygen atoms in total. The summed E-state index contributed by atoms with van der Waals surface area (Å²) in [5.74, 6) is -0.431. The summed E-state index contributed by atoms with van der Waals surface area (Å²) in [7, 11) is 3.80. The predicted molar refractivity (Wildman–Crippen MR) is 115 cm³/mol. The lowest BCUT2D eigenvalue weighted by molar-refractivity contribution is -0.274. The van der Waals surface area contributed by atoms with E-state index in [0.29, 0.717) is 28.4 Å². The molecule has 3 rings (SSSR count). The number of aromatic nitrogens is 1. The van der Waals surface area contributed by atoms with Gasteiger partial charge in [0.15, 0.2) is 5.13 Å². The number of anilines is 1. The van der Waals surface area contributed by atoms with Gasteiger partial charge in [-0.05, 0) is 31.8 Å². The number of ether oxygens (including phenoxy) is 1. The molecule has 10 heteroatoms. The highest BCUT2D eigenvalue weighted by atomic mass is 35.5. The van der Waals surface area contributed by atoms with Crippen LogP contribution in [0.3, 0.4) is 0 Å². The topological polar surface area (TPSA) is 45.7 Å². The first-order valence-corrected chi connectivity index (χ1v) is 9.68. The molecule has 0 saturated carbocycles. The lowest BCUT2D eigenvalue weighted by atomic mass is 10.1. The van der Waals surface area contributed by atoms with E-state index in [2.05, 4.69) is 9.72 Å². The van der Waals surface area contributed by atoms with Crippen molar-refractivity contribution in [3.05, 3.63) is 54.1 Å². The van der Waals surface area contributed by atoms with Gasteiger partial charge in [-0.2, -0.15) is 0 Å². The molecule has 0 aliphatic heterocycles. The standard InChI is InChI=1S/C20H20F3N3O2S.ClH/c1-25(2)10-11-26(18(27)12-14-6-4-3-5-7-14)19-24-16-9-8-15(13-17(16)29-19)28-20(21,22)23;/h3-9,13H,10-12H2,1-2H3;1H. The molecule has 2 aromatic carbocycles. The second-order valence-electron chi connectivity index (χ2n) is 6.68. The number of carbonyl (C=O) groups is 1. The fourth-order valence-corrected chi connectivity index (χ4v) is 3.74. The quantitative estimate of drug-likeness (QED) is 0.511. The minimum absolute atomic E-state index is 0. The molecular weight excluding hydrogens is 439 g/mol. The maximum absolute atomic E-state index is 13.0. The van der Waals surface area contributed by atoms with Gasteiger partial charge in [-0.3, -0.25) is 9.69 Å². The van der Waals surface area contributed by atoms with Crippen LogP contribution in [0.5, 0.6) is 5.75 Å². The number of benzene rings is 2. The Morgan fingerprint density at radius 1 is 1.10 bits per heavy atom. The maximum atomic E-state index is 13.0. The number of amides is 1. The van der Waals surface area contributed by atoms with Crippen molar-refractivity contribution in [2.24, 2.45) is 0 Å². The number of alkyl halides is 3. The summed E-state index contributed by atoms with van der Waals surface area (Å²) >= 11 is 1.16. The number of likely N-dealkylation sites (N-methyl/N-ethyl adjacent to an activating group) is 1. The van der Waals surface area contributed by atoms with Crippen molar-refractivity contribution in [1.29, 1.82) is 0 Å². The summed E-state index contributed by atoms with van der Waals surface area (Å²) in [5, 5.41) is 0.451. The molecule has 0 N–H and O–H groups in total. The number of hydrogen-bond acceptors (Lipinski definition) is 5. The minimum atomic E-state index is -4.76. The summed E-state index contributed by atoms with van der Waals surface area (Å²) in [6, 6.07) is 13.3. The highest BCUT2D eigenvalue weighted by Crippen LogP contribution is 2.33. The first kappa shape index (κ1) is 23.9. The largest absolute Gasteiger partial charge is 0.573 e. The van der Waals surface area contributed by atoms with Gasteiger partial charge in [-0.15, -0.1) is 25.6 Å². The van der Waals surface area contributed by atoms with Crippen molar-refractivity contribution in [2.75, 3.05) is 32.1 Å². The van der Waals surface area contributed by atoms with Gasteiger partial charge in [0.1, 0.15) is 5.75 Å². The predicted octanol–water partition coefficient (Wildman–Crippen LogP) is 4.75. The molecule has 1 amide bonds. The lowest BCUT2D eigenvalue weighted by Crippen LogP contribution is -2.37. The summed E-state index contributed by atoms with van der Waals surface area (Å²) in [4.78, 5) is 21.0. The lowest BCUT2D eigenvalue weighted by Gasteiger charge is -2.22. The first-order chi connectivity index (χ1) is 13.7. The van der Waals surface area contributed by atoms with Gasteiger partial charge in [0.05, 0.1) is 16.6 Å². The van der Waals surface area contributed by atoms with Crippen molar-refractivity contribution in [2.45, 2.75) is 12.8 Å². The van der Waals surface area contributed by atoms with Crippen LogP contribution in [0.1, 0.15) is 5.56 Å². The highest BCUT2D eigenvalue weighted by Gasteiger charge is 2.31. The van der Waals surface area contributed by atoms with Crippen molar-refractivity contribution >= 4 is 45.0 Å². The molecule has 1 heterocycles. The number of nitrogens with zero attached hydrogens (tertiary/aromatic N) is 3. The number of fused-ring (bicyclic) bond motifs is 1. The monoisotopic (exact) mass is 459 g/mol. The average Bonchev–Trinajstić information content (AvgIpc) is 3.04. The molecule has 0 aliphatic carbocycles. The van der Waals surface area contributed by atoms with Gasteiger partial charge in [0.25, 0.3) is 0 Å². The third kappa shape index (κ3) is 6.58. The zero-order valence-corrected chi connectivity index (χ0v) is 18.0. The maximum Gasteiger partial charge on any atom is 0.573 e. The summed E-state index contributed by atoms with van der Waals surface area (Å²) in [5.41, 5.74) is 1.40. The number of hydrogen-bond donors (Lipinski definition) is 0. The average molecular weight is 460 g/mol. The molecule has 0 atom stereocenters. The van der Waals surface area contributed by atoms with E-state index in [1.165, 1.54) is 18.2 Å². The van der Waals surface area contributed by atoms with Crippen LogP contribution in [0.25, 0.3) is 10.2 Å². The molecule has 162 valence electrons. The van der Waals surface area contributed by atoms with Gasteiger partial charge in [0, 0.05) is 19.2 Å². The normalized spacial score (nSPS) is 11.4. The van der Waals surface area contributed by atoms with Crippen LogP contribution in [0, 0.1) is 0 Å². The van der Waals surface area contributed by atoms with E-state index < -0.39 is 6.36 Å². The van der Waals surface area contributed by atoms with Crippen molar-refractivity contribution in [3.8, 4) is 5.75 Å². The zero-order valence-electron chi connectivity index (χ0n) is 16.3. The minimum Gasteiger partial charge on any atom is -0.406 e. The van der Waals surface area contributed by atoms with E-state index in [1.807, 2.05) is 49.3 Å².